The van der Waals surface area contributed by atoms with Gasteiger partial charge in [0.15, 0.2) is 11.5 Å². The van der Waals surface area contributed by atoms with E-state index in [1.807, 2.05) is 0 Å². The molecule has 0 unspecified atom stereocenters. The average molecular weight is 342 g/mol. The molecule has 0 saturated carbocycles. The number of thiophene rings is 1. The third kappa shape index (κ3) is 3.15. The van der Waals surface area contributed by atoms with Crippen LogP contribution >= 0.6 is 11.3 Å². The van der Waals surface area contributed by atoms with Gasteiger partial charge < -0.3 is 15.2 Å². The van der Waals surface area contributed by atoms with Crippen molar-refractivity contribution >= 4 is 33.0 Å². The first kappa shape index (κ1) is 16.1. The molecule has 0 atom stereocenters. The van der Waals surface area contributed by atoms with Gasteiger partial charge in [-0.2, -0.15) is 0 Å². The number of ether oxygens (including phenoxy) is 2. The lowest BCUT2D eigenvalue weighted by Crippen LogP contribution is -2.18. The number of nitrogens with one attached hydrogen (secondary N) is 1. The Labute approximate surface area is 131 Å². The predicted molar refractivity (Wildman–Crippen MR) is 83.2 cm³/mol. The Morgan fingerprint density at radius 1 is 1.23 bits per heavy atom. The third-order valence-electron chi connectivity index (χ3n) is 2.79. The number of anilines is 1. The van der Waals surface area contributed by atoms with Gasteiger partial charge >= 0.3 is 0 Å². The molecule has 0 bridgehead atoms. The second kappa shape index (κ2) is 6.24. The van der Waals surface area contributed by atoms with E-state index in [4.69, 9.17) is 15.2 Å². The Kier molecular flexibility index (Phi) is 4.57. The zero-order chi connectivity index (χ0) is 16.3. The second-order valence-electron chi connectivity index (χ2n) is 4.15. The summed E-state index contributed by atoms with van der Waals surface area (Å²) >= 11 is 1.06. The first-order valence-electron chi connectivity index (χ1n) is 6.01. The molecule has 1 heterocycles. The van der Waals surface area contributed by atoms with E-state index in [1.165, 1.54) is 32.4 Å². The van der Waals surface area contributed by atoms with E-state index in [2.05, 4.69) is 4.72 Å². The maximum absolute atomic E-state index is 12.3. The number of carbonyl (C=O) groups is 1. The highest BCUT2D eigenvalue weighted by molar-refractivity contribution is 7.94. The van der Waals surface area contributed by atoms with E-state index < -0.39 is 15.9 Å². The van der Waals surface area contributed by atoms with Crippen LogP contribution in [-0.4, -0.2) is 28.5 Å². The lowest BCUT2D eigenvalue weighted by atomic mass is 10.1. The molecule has 7 nitrogen and oxygen atoms in total. The highest BCUT2D eigenvalue weighted by Gasteiger charge is 2.21. The number of carbonyl (C=O) groups excluding carboxylic acids is 1. The minimum atomic E-state index is -3.81. The molecule has 1 aromatic heterocycles. The van der Waals surface area contributed by atoms with Crippen LogP contribution in [0.4, 0.5) is 5.69 Å². The first-order chi connectivity index (χ1) is 10.4. The average Bonchev–Trinajstić information content (AvgIpc) is 3.01. The van der Waals surface area contributed by atoms with E-state index >= 15 is 0 Å². The van der Waals surface area contributed by atoms with Crippen molar-refractivity contribution in [1.29, 1.82) is 0 Å². The standard InChI is InChI=1S/C13H14N2O5S2/c1-19-10-6-8(13(14)16)9(7-11(10)20-2)15-22(17,18)12-4-3-5-21-12/h3-7,15H,1-2H3,(H2,14,16). The van der Waals surface area contributed by atoms with Crippen molar-refractivity contribution in [3.05, 3.63) is 35.2 Å². The summed E-state index contributed by atoms with van der Waals surface area (Å²) in [6.45, 7) is 0. The van der Waals surface area contributed by atoms with E-state index in [9.17, 15) is 13.2 Å². The largest absolute Gasteiger partial charge is 0.493 e. The highest BCUT2D eigenvalue weighted by Crippen LogP contribution is 2.34. The molecule has 1 aromatic carbocycles. The highest BCUT2D eigenvalue weighted by atomic mass is 32.2. The number of primary amides is 1. The van der Waals surface area contributed by atoms with Gasteiger partial charge in [-0.3, -0.25) is 9.52 Å². The van der Waals surface area contributed by atoms with Crippen LogP contribution in [0.3, 0.4) is 0 Å². The minimum absolute atomic E-state index is 0.0159. The van der Waals surface area contributed by atoms with Crippen LogP contribution in [-0.2, 0) is 10.0 Å². The van der Waals surface area contributed by atoms with Crippen molar-refractivity contribution in [2.45, 2.75) is 4.21 Å². The fraction of sp³-hybridized carbons (Fsp3) is 0.154. The van der Waals surface area contributed by atoms with Crippen LogP contribution in [0.25, 0.3) is 0 Å². The molecule has 0 spiro atoms. The normalized spacial score (nSPS) is 11.0. The molecule has 0 aliphatic heterocycles. The van der Waals surface area contributed by atoms with Crippen molar-refractivity contribution in [3.8, 4) is 11.5 Å². The summed E-state index contributed by atoms with van der Waals surface area (Å²) in [6.07, 6.45) is 0. The summed E-state index contributed by atoms with van der Waals surface area (Å²) in [5.41, 5.74) is 5.31. The molecule has 22 heavy (non-hydrogen) atoms. The molecule has 9 heteroatoms. The summed E-state index contributed by atoms with van der Waals surface area (Å²) in [5.74, 6) is -0.239. The summed E-state index contributed by atoms with van der Waals surface area (Å²) in [4.78, 5) is 11.6. The number of hydrogen-bond acceptors (Lipinski definition) is 6. The summed E-state index contributed by atoms with van der Waals surface area (Å²) < 4.78 is 37.2. The van der Waals surface area contributed by atoms with Gasteiger partial charge in [0.1, 0.15) is 4.21 Å². The number of sulfonamides is 1. The predicted octanol–water partition coefficient (Wildman–Crippen LogP) is 1.67. The van der Waals surface area contributed by atoms with Crippen LogP contribution < -0.4 is 19.9 Å². The Balaban J connectivity index is 2.52. The molecule has 2 rings (SSSR count). The van der Waals surface area contributed by atoms with Crippen LogP contribution in [0.1, 0.15) is 10.4 Å². The maximum atomic E-state index is 12.3. The zero-order valence-corrected chi connectivity index (χ0v) is 13.5. The fourth-order valence-electron chi connectivity index (χ4n) is 1.78. The smallest absolute Gasteiger partial charge is 0.271 e. The molecule has 0 saturated heterocycles. The van der Waals surface area contributed by atoms with Crippen molar-refractivity contribution in [2.24, 2.45) is 5.73 Å². The Morgan fingerprint density at radius 3 is 2.36 bits per heavy atom. The SMILES string of the molecule is COc1cc(NS(=O)(=O)c2cccs2)c(C(N)=O)cc1OC. The topological polar surface area (TPSA) is 108 Å². The van der Waals surface area contributed by atoms with Crippen molar-refractivity contribution in [3.63, 3.8) is 0 Å². The zero-order valence-electron chi connectivity index (χ0n) is 11.8. The molecule has 118 valence electrons. The quantitative estimate of drug-likeness (QED) is 0.830. The number of nitrogens with two attached hydrogens (primary N) is 1. The molecule has 0 fully saturated rings. The van der Waals surface area contributed by atoms with Gasteiger partial charge in [0, 0.05) is 6.07 Å². The number of benzene rings is 1. The summed E-state index contributed by atoms with van der Waals surface area (Å²) in [6, 6.07) is 5.75. The Morgan fingerprint density at radius 2 is 1.86 bits per heavy atom. The van der Waals surface area contributed by atoms with E-state index in [1.54, 1.807) is 11.4 Å². The lowest BCUT2D eigenvalue weighted by molar-refractivity contribution is 0.100. The van der Waals surface area contributed by atoms with Gasteiger partial charge in [0.25, 0.3) is 15.9 Å². The van der Waals surface area contributed by atoms with Crippen LogP contribution in [0, 0.1) is 0 Å². The van der Waals surface area contributed by atoms with Gasteiger partial charge in [0.05, 0.1) is 25.5 Å². The van der Waals surface area contributed by atoms with Crippen LogP contribution in [0.15, 0.2) is 33.9 Å². The molecule has 1 amide bonds. The molecule has 2 aromatic rings. The number of hydrogen-bond donors (Lipinski definition) is 2. The van der Waals surface area contributed by atoms with Crippen molar-refractivity contribution < 1.29 is 22.7 Å². The second-order valence-corrected chi connectivity index (χ2v) is 7.01. The van der Waals surface area contributed by atoms with Gasteiger partial charge in [-0.15, -0.1) is 11.3 Å². The summed E-state index contributed by atoms with van der Waals surface area (Å²) in [7, 11) is -1.00. The monoisotopic (exact) mass is 342 g/mol. The Hall–Kier alpha value is -2.26. The van der Waals surface area contributed by atoms with Crippen LogP contribution in [0.2, 0.25) is 0 Å². The van der Waals surface area contributed by atoms with Crippen molar-refractivity contribution in [1.82, 2.24) is 0 Å². The van der Waals surface area contributed by atoms with Gasteiger partial charge in [-0.05, 0) is 17.5 Å². The van der Waals surface area contributed by atoms with E-state index in [0.717, 1.165) is 11.3 Å². The van der Waals surface area contributed by atoms with Gasteiger partial charge in [-0.25, -0.2) is 8.42 Å². The minimum Gasteiger partial charge on any atom is -0.493 e. The molecular formula is C13H14N2O5S2. The molecule has 3 N–H and O–H groups in total. The number of amides is 1. The lowest BCUT2D eigenvalue weighted by Gasteiger charge is -2.14. The Bertz CT molecular complexity index is 785. The summed E-state index contributed by atoms with van der Waals surface area (Å²) in [5, 5.41) is 1.64. The fourth-order valence-corrected chi connectivity index (χ4v) is 3.84. The molecule has 0 aliphatic carbocycles. The number of methoxy groups -OCH3 is 2. The molecular weight excluding hydrogens is 328 g/mol. The van der Waals surface area contributed by atoms with E-state index in [0.29, 0.717) is 0 Å². The van der Waals surface area contributed by atoms with Crippen molar-refractivity contribution in [2.75, 3.05) is 18.9 Å². The number of rotatable bonds is 6. The third-order valence-corrected chi connectivity index (χ3v) is 5.56. The van der Waals surface area contributed by atoms with Gasteiger partial charge in [-0.1, -0.05) is 6.07 Å². The molecule has 0 radical (unpaired) electrons. The first-order valence-corrected chi connectivity index (χ1v) is 8.37. The molecule has 0 aliphatic rings. The van der Waals surface area contributed by atoms with Gasteiger partial charge in [0.2, 0.25) is 0 Å². The van der Waals surface area contributed by atoms with Crippen LogP contribution in [0.5, 0.6) is 11.5 Å². The van der Waals surface area contributed by atoms with E-state index in [-0.39, 0.29) is 27.0 Å². The maximum Gasteiger partial charge on any atom is 0.271 e.